The number of nitrogens with one attached hydrogen (secondary N) is 2. The summed E-state index contributed by atoms with van der Waals surface area (Å²) in [5, 5.41) is 8.17. The number of imide groups is 1. The summed E-state index contributed by atoms with van der Waals surface area (Å²) >= 11 is 0. The van der Waals surface area contributed by atoms with Crippen LogP contribution in [0.2, 0.25) is 0 Å². The summed E-state index contributed by atoms with van der Waals surface area (Å²) in [5.74, 6) is 0.120. The second-order valence-electron chi connectivity index (χ2n) is 20.7. The van der Waals surface area contributed by atoms with Crippen molar-refractivity contribution in [2.45, 2.75) is 334 Å². The minimum absolute atomic E-state index is 0.100. The highest BCUT2D eigenvalue weighted by Crippen LogP contribution is 2.48. The quantitative estimate of drug-likeness (QED) is 0.0475. The van der Waals surface area contributed by atoms with Crippen molar-refractivity contribution >= 4 is 11.9 Å². The fraction of sp³-hybridized carbons (Fsp3) is 0.964. The molecule has 60 heavy (non-hydrogen) atoms. The molecule has 5 nitrogen and oxygen atoms in total. The number of unbranched alkanes of at least 4 members (excludes halogenated alkanes) is 33. The van der Waals surface area contributed by atoms with Crippen molar-refractivity contribution in [1.29, 1.82) is 0 Å². The monoisotopic (exact) mass is 842 g/mol. The van der Waals surface area contributed by atoms with Crippen LogP contribution in [0.3, 0.4) is 0 Å². The first-order valence-corrected chi connectivity index (χ1v) is 27.8. The van der Waals surface area contributed by atoms with Gasteiger partial charge in [-0.1, -0.05) is 272 Å². The number of amides is 3. The van der Waals surface area contributed by atoms with Crippen LogP contribution < -0.4 is 10.6 Å². The Morgan fingerprint density at radius 2 is 0.617 bits per heavy atom. The molecule has 0 aromatic rings. The van der Waals surface area contributed by atoms with E-state index in [1.165, 1.54) is 231 Å². The van der Waals surface area contributed by atoms with Crippen molar-refractivity contribution in [1.82, 2.24) is 15.5 Å². The summed E-state index contributed by atoms with van der Waals surface area (Å²) in [5.41, 5.74) is -0.991. The Labute approximate surface area is 376 Å². The number of hydrogen-bond acceptors (Lipinski definition) is 3. The Bertz CT molecular complexity index is 935. The Balaban J connectivity index is 2.40. The van der Waals surface area contributed by atoms with E-state index in [0.717, 1.165) is 51.4 Å². The number of piperidine rings is 1. The van der Waals surface area contributed by atoms with E-state index < -0.39 is 5.54 Å². The molecule has 2 aliphatic heterocycles. The Morgan fingerprint density at radius 1 is 0.367 bits per heavy atom. The zero-order chi connectivity index (χ0) is 43.5. The molecule has 2 N–H and O–H groups in total. The summed E-state index contributed by atoms with van der Waals surface area (Å²) in [6.45, 7) is 12.1. The van der Waals surface area contributed by atoms with Gasteiger partial charge in [-0.05, 0) is 44.9 Å². The molecule has 2 saturated heterocycles. The maximum atomic E-state index is 15.1. The second kappa shape index (κ2) is 35.3. The van der Waals surface area contributed by atoms with Crippen molar-refractivity contribution in [3.05, 3.63) is 0 Å². The van der Waals surface area contributed by atoms with Crippen molar-refractivity contribution in [2.24, 2.45) is 0 Å². The third-order valence-electron chi connectivity index (χ3n) is 14.8. The van der Waals surface area contributed by atoms with Crippen molar-refractivity contribution in [2.75, 3.05) is 6.54 Å². The largest absolute Gasteiger partial charge is 0.325 e. The molecule has 3 amide bonds. The fourth-order valence-electron chi connectivity index (χ4n) is 11.3. The molecular formula is C55H107N3O2. The SMILES string of the molecule is CCCCCCCCCCC1(CCCCCCCCCC)CC2(CC(CCCCCCCCCC)(CCCCCCCCCC)N1)NC(=O)N(CCCCCCCC)C2=O. The van der Waals surface area contributed by atoms with E-state index in [1.54, 1.807) is 4.90 Å². The van der Waals surface area contributed by atoms with Crippen LogP contribution >= 0.6 is 0 Å². The Hall–Kier alpha value is -1.10. The summed E-state index contributed by atoms with van der Waals surface area (Å²) in [6, 6.07) is -0.100. The zero-order valence-electron chi connectivity index (χ0n) is 41.6. The molecule has 354 valence electrons. The lowest BCUT2D eigenvalue weighted by Crippen LogP contribution is -2.71. The van der Waals surface area contributed by atoms with Gasteiger partial charge in [-0.3, -0.25) is 9.69 Å². The second-order valence-corrected chi connectivity index (χ2v) is 20.7. The first kappa shape index (κ1) is 55.0. The standard InChI is InChI=1S/C55H107N3O2/c1-6-11-16-21-26-30-34-39-44-53(45-40-35-31-27-22-17-12-7-2)49-55(51(59)58(52(60)56-55)48-43-38-25-20-15-10-5)50-54(57-53,46-41-36-32-28-23-18-13-8-3)47-42-37-33-29-24-19-14-9-4/h57H,6-50H2,1-5H3,(H,56,60). The molecule has 0 atom stereocenters. The number of hydrogen-bond donors (Lipinski definition) is 2. The van der Waals surface area contributed by atoms with E-state index >= 15 is 4.79 Å². The fourth-order valence-corrected chi connectivity index (χ4v) is 11.3. The molecule has 5 heteroatoms. The minimum Gasteiger partial charge on any atom is -0.323 e. The van der Waals surface area contributed by atoms with Gasteiger partial charge in [-0.25, -0.2) is 4.79 Å². The lowest BCUT2D eigenvalue weighted by atomic mass is 9.63. The van der Waals surface area contributed by atoms with E-state index in [0.29, 0.717) is 6.54 Å². The predicted octanol–water partition coefficient (Wildman–Crippen LogP) is 17.6. The van der Waals surface area contributed by atoms with Gasteiger partial charge >= 0.3 is 6.03 Å². The number of carbonyl (C=O) groups excluding carboxylic acids is 2. The highest BCUT2D eigenvalue weighted by atomic mass is 16.2. The molecule has 0 aromatic carbocycles. The number of carbonyl (C=O) groups is 2. The molecule has 0 radical (unpaired) electrons. The third-order valence-corrected chi connectivity index (χ3v) is 14.8. The molecule has 0 aromatic heterocycles. The van der Waals surface area contributed by atoms with Crippen LogP contribution in [0, 0.1) is 0 Å². The normalized spacial score (nSPS) is 17.0. The first-order valence-electron chi connectivity index (χ1n) is 27.8. The highest BCUT2D eigenvalue weighted by Gasteiger charge is 2.61. The van der Waals surface area contributed by atoms with Crippen LogP contribution in [-0.2, 0) is 4.79 Å². The third kappa shape index (κ3) is 23.0. The van der Waals surface area contributed by atoms with Gasteiger partial charge in [0.05, 0.1) is 0 Å². The number of nitrogens with zero attached hydrogens (tertiary/aromatic N) is 1. The van der Waals surface area contributed by atoms with E-state index in [-0.39, 0.29) is 23.0 Å². The zero-order valence-corrected chi connectivity index (χ0v) is 41.6. The lowest BCUT2D eigenvalue weighted by molar-refractivity contribution is -0.136. The van der Waals surface area contributed by atoms with Gasteiger partial charge in [-0.2, -0.15) is 0 Å². The van der Waals surface area contributed by atoms with Gasteiger partial charge in [0, 0.05) is 17.6 Å². The lowest BCUT2D eigenvalue weighted by Gasteiger charge is -2.56. The predicted molar refractivity (Wildman–Crippen MR) is 263 cm³/mol. The molecular weight excluding hydrogens is 735 g/mol. The summed E-state index contributed by atoms with van der Waals surface area (Å²) < 4.78 is 0. The van der Waals surface area contributed by atoms with Gasteiger partial charge in [-0.15, -0.1) is 0 Å². The van der Waals surface area contributed by atoms with Crippen molar-refractivity contribution < 1.29 is 9.59 Å². The summed E-state index contributed by atoms with van der Waals surface area (Å²) in [7, 11) is 0. The molecule has 2 rings (SSSR count). The molecule has 0 saturated carbocycles. The smallest absolute Gasteiger partial charge is 0.323 e. The summed E-state index contributed by atoms with van der Waals surface area (Å²) in [4.78, 5) is 30.8. The van der Waals surface area contributed by atoms with Crippen molar-refractivity contribution in [3.8, 4) is 0 Å². The average molecular weight is 842 g/mol. The van der Waals surface area contributed by atoms with Crippen LogP contribution in [-0.4, -0.2) is 40.0 Å². The number of urea groups is 1. The van der Waals surface area contributed by atoms with E-state index in [1.807, 2.05) is 0 Å². The molecule has 0 bridgehead atoms. The van der Waals surface area contributed by atoms with Crippen LogP contribution in [0.15, 0.2) is 0 Å². The first-order chi connectivity index (χ1) is 29.4. The van der Waals surface area contributed by atoms with Crippen LogP contribution in [0.5, 0.6) is 0 Å². The minimum atomic E-state index is -0.773. The van der Waals surface area contributed by atoms with Crippen LogP contribution in [0.4, 0.5) is 4.79 Å². The van der Waals surface area contributed by atoms with Gasteiger partial charge in [0.25, 0.3) is 5.91 Å². The van der Waals surface area contributed by atoms with Gasteiger partial charge < -0.3 is 10.6 Å². The maximum Gasteiger partial charge on any atom is 0.325 e. The van der Waals surface area contributed by atoms with Gasteiger partial charge in [0.1, 0.15) is 5.54 Å². The molecule has 0 aliphatic carbocycles. The van der Waals surface area contributed by atoms with Crippen molar-refractivity contribution in [3.63, 3.8) is 0 Å². The molecule has 2 fully saturated rings. The number of rotatable bonds is 43. The topological polar surface area (TPSA) is 61.4 Å². The Kier molecular flexibility index (Phi) is 32.4. The molecule has 2 heterocycles. The van der Waals surface area contributed by atoms with Gasteiger partial charge in [0.2, 0.25) is 0 Å². The van der Waals surface area contributed by atoms with Crippen LogP contribution in [0.1, 0.15) is 317 Å². The maximum absolute atomic E-state index is 15.1. The molecule has 0 unspecified atom stereocenters. The van der Waals surface area contributed by atoms with E-state index in [4.69, 9.17) is 0 Å². The van der Waals surface area contributed by atoms with E-state index in [9.17, 15) is 4.79 Å². The molecule has 2 aliphatic rings. The Morgan fingerprint density at radius 3 is 0.900 bits per heavy atom. The molecule has 1 spiro atoms. The average Bonchev–Trinajstić information content (AvgIpc) is 3.45. The van der Waals surface area contributed by atoms with E-state index in [2.05, 4.69) is 45.3 Å². The van der Waals surface area contributed by atoms with Gasteiger partial charge in [0.15, 0.2) is 0 Å². The summed E-state index contributed by atoms with van der Waals surface area (Å²) in [6.07, 6.45) is 55.5. The van der Waals surface area contributed by atoms with Crippen LogP contribution in [0.25, 0.3) is 0 Å². The highest BCUT2D eigenvalue weighted by molar-refractivity contribution is 6.07.